The first-order valence-electron chi connectivity index (χ1n) is 9.62. The van der Waals surface area contributed by atoms with Crippen LogP contribution in [0.15, 0.2) is 21.3 Å². The third-order valence-electron chi connectivity index (χ3n) is 5.98. The standard InChI is InChI=1S/C21H28N2O2/c1-15-12-18-17-6-9-23(11-10-22-7-4-3-5-8-22)14-19(17)21(24)25-20(18)13-16(15)2/h12-13H,3-11,14H2,1-2H3. The molecule has 4 rings (SSSR count). The molecular formula is C21H28N2O2. The molecule has 2 aliphatic heterocycles. The highest BCUT2D eigenvalue weighted by Gasteiger charge is 2.23. The topological polar surface area (TPSA) is 36.7 Å². The maximum Gasteiger partial charge on any atom is 0.341 e. The van der Waals surface area contributed by atoms with Crippen LogP contribution >= 0.6 is 0 Å². The number of hydrogen-bond donors (Lipinski definition) is 0. The Morgan fingerprint density at radius 1 is 0.920 bits per heavy atom. The van der Waals surface area contributed by atoms with Crippen LogP contribution in [0.1, 0.15) is 41.5 Å². The molecule has 0 saturated carbocycles. The first-order chi connectivity index (χ1) is 12.1. The molecular weight excluding hydrogens is 312 g/mol. The van der Waals surface area contributed by atoms with E-state index in [2.05, 4.69) is 29.7 Å². The average Bonchev–Trinajstić information content (AvgIpc) is 2.63. The van der Waals surface area contributed by atoms with Crippen molar-refractivity contribution in [3.05, 3.63) is 44.8 Å². The quantitative estimate of drug-likeness (QED) is 0.804. The zero-order valence-electron chi connectivity index (χ0n) is 15.4. The normalized spacial score (nSPS) is 19.3. The average molecular weight is 340 g/mol. The molecule has 0 N–H and O–H groups in total. The van der Waals surface area contributed by atoms with E-state index in [-0.39, 0.29) is 5.63 Å². The summed E-state index contributed by atoms with van der Waals surface area (Å²) in [7, 11) is 0. The van der Waals surface area contributed by atoms with Crippen LogP contribution < -0.4 is 5.63 Å². The summed E-state index contributed by atoms with van der Waals surface area (Å²) in [5.74, 6) is 0. The molecule has 0 bridgehead atoms. The number of benzene rings is 1. The summed E-state index contributed by atoms with van der Waals surface area (Å²) in [4.78, 5) is 17.5. The van der Waals surface area contributed by atoms with Crippen LogP contribution in [0.5, 0.6) is 0 Å². The van der Waals surface area contributed by atoms with Gasteiger partial charge in [-0.25, -0.2) is 4.79 Å². The predicted octanol–water partition coefficient (Wildman–Crippen LogP) is 3.25. The molecule has 0 unspecified atom stereocenters. The molecule has 3 heterocycles. The first kappa shape index (κ1) is 16.8. The first-order valence-corrected chi connectivity index (χ1v) is 9.62. The lowest BCUT2D eigenvalue weighted by Crippen LogP contribution is -2.41. The molecule has 1 aromatic carbocycles. The van der Waals surface area contributed by atoms with Crippen LogP contribution in [0.4, 0.5) is 0 Å². The Morgan fingerprint density at radius 2 is 1.64 bits per heavy atom. The molecule has 1 fully saturated rings. The number of rotatable bonds is 3. The SMILES string of the molecule is Cc1cc2oc(=O)c3c(c2cc1C)CCN(CCN1CCCCC1)C3. The molecule has 4 heteroatoms. The molecule has 0 radical (unpaired) electrons. The maximum atomic E-state index is 12.5. The van der Waals surface area contributed by atoms with Crippen LogP contribution in [0, 0.1) is 13.8 Å². The Labute approximate surface area is 149 Å². The van der Waals surface area contributed by atoms with E-state index in [1.165, 1.54) is 49.0 Å². The van der Waals surface area contributed by atoms with Gasteiger partial charge in [-0.2, -0.15) is 0 Å². The van der Waals surface area contributed by atoms with Gasteiger partial charge in [-0.15, -0.1) is 0 Å². The van der Waals surface area contributed by atoms with Crippen molar-refractivity contribution in [2.75, 3.05) is 32.7 Å². The second-order valence-electron chi connectivity index (χ2n) is 7.71. The Hall–Kier alpha value is -1.65. The van der Waals surface area contributed by atoms with Crippen LogP contribution in [0.3, 0.4) is 0 Å². The van der Waals surface area contributed by atoms with Crippen LogP contribution in [0.25, 0.3) is 11.0 Å². The monoisotopic (exact) mass is 340 g/mol. The third kappa shape index (κ3) is 3.38. The lowest BCUT2D eigenvalue weighted by atomic mass is 9.95. The lowest BCUT2D eigenvalue weighted by molar-refractivity contribution is 0.172. The van der Waals surface area contributed by atoms with E-state index in [0.717, 1.165) is 49.1 Å². The van der Waals surface area contributed by atoms with Crippen LogP contribution in [0.2, 0.25) is 0 Å². The largest absolute Gasteiger partial charge is 0.422 e. The van der Waals surface area contributed by atoms with Crippen LogP contribution in [-0.4, -0.2) is 42.5 Å². The molecule has 4 nitrogen and oxygen atoms in total. The molecule has 0 aliphatic carbocycles. The molecule has 0 atom stereocenters. The van der Waals surface area contributed by atoms with Crippen molar-refractivity contribution in [2.24, 2.45) is 0 Å². The van der Waals surface area contributed by atoms with E-state index >= 15 is 0 Å². The van der Waals surface area contributed by atoms with Crippen molar-refractivity contribution in [3.8, 4) is 0 Å². The highest BCUT2D eigenvalue weighted by molar-refractivity contribution is 5.83. The van der Waals surface area contributed by atoms with Gasteiger partial charge in [0.05, 0.1) is 5.56 Å². The van der Waals surface area contributed by atoms with E-state index < -0.39 is 0 Å². The fraction of sp³-hybridized carbons (Fsp3) is 0.571. The molecule has 1 aromatic heterocycles. The lowest BCUT2D eigenvalue weighted by Gasteiger charge is -2.32. The van der Waals surface area contributed by atoms with E-state index in [9.17, 15) is 4.79 Å². The second kappa shape index (κ2) is 6.93. The fourth-order valence-electron chi connectivity index (χ4n) is 4.23. The van der Waals surface area contributed by atoms with Crippen molar-refractivity contribution in [3.63, 3.8) is 0 Å². The van der Waals surface area contributed by atoms with Crippen molar-refractivity contribution in [1.82, 2.24) is 9.80 Å². The summed E-state index contributed by atoms with van der Waals surface area (Å²) < 4.78 is 5.65. The molecule has 0 amide bonds. The summed E-state index contributed by atoms with van der Waals surface area (Å²) in [6.45, 7) is 10.6. The predicted molar refractivity (Wildman–Crippen MR) is 101 cm³/mol. The summed E-state index contributed by atoms with van der Waals surface area (Å²) >= 11 is 0. The Morgan fingerprint density at radius 3 is 2.44 bits per heavy atom. The number of fused-ring (bicyclic) bond motifs is 3. The zero-order valence-corrected chi connectivity index (χ0v) is 15.4. The van der Waals surface area contributed by atoms with Gasteiger partial charge < -0.3 is 9.32 Å². The van der Waals surface area contributed by atoms with E-state index in [4.69, 9.17) is 4.42 Å². The second-order valence-corrected chi connectivity index (χ2v) is 7.71. The van der Waals surface area contributed by atoms with Crippen LogP contribution in [-0.2, 0) is 13.0 Å². The van der Waals surface area contributed by atoms with Crippen molar-refractivity contribution >= 4 is 11.0 Å². The number of nitrogens with zero attached hydrogens (tertiary/aromatic N) is 2. The number of aryl methyl sites for hydroxylation is 2. The summed E-state index contributed by atoms with van der Waals surface area (Å²) in [6, 6.07) is 4.20. The number of piperidine rings is 1. The van der Waals surface area contributed by atoms with E-state index in [1.807, 2.05) is 6.07 Å². The molecule has 25 heavy (non-hydrogen) atoms. The van der Waals surface area contributed by atoms with Crippen molar-refractivity contribution in [2.45, 2.75) is 46.1 Å². The van der Waals surface area contributed by atoms with E-state index in [1.54, 1.807) is 0 Å². The molecule has 1 saturated heterocycles. The number of likely N-dealkylation sites (tertiary alicyclic amines) is 1. The highest BCUT2D eigenvalue weighted by atomic mass is 16.4. The Balaban J connectivity index is 1.55. The minimum Gasteiger partial charge on any atom is -0.422 e. The summed E-state index contributed by atoms with van der Waals surface area (Å²) in [5.41, 5.74) is 5.12. The van der Waals surface area contributed by atoms with Gasteiger partial charge in [0.15, 0.2) is 0 Å². The number of hydrogen-bond acceptors (Lipinski definition) is 4. The Kier molecular flexibility index (Phi) is 4.65. The summed E-state index contributed by atoms with van der Waals surface area (Å²) in [5, 5.41) is 1.13. The smallest absolute Gasteiger partial charge is 0.341 e. The van der Waals surface area contributed by atoms with E-state index in [0.29, 0.717) is 0 Å². The van der Waals surface area contributed by atoms with Gasteiger partial charge >= 0.3 is 5.63 Å². The van der Waals surface area contributed by atoms with Gasteiger partial charge in [0.2, 0.25) is 0 Å². The van der Waals surface area contributed by atoms with Gasteiger partial charge in [-0.3, -0.25) is 4.90 Å². The Bertz CT molecular complexity index is 834. The minimum absolute atomic E-state index is 0.145. The summed E-state index contributed by atoms with van der Waals surface area (Å²) in [6.07, 6.45) is 4.98. The third-order valence-corrected chi connectivity index (χ3v) is 5.98. The van der Waals surface area contributed by atoms with Gasteiger partial charge in [-0.05, 0) is 75.0 Å². The molecule has 134 valence electrons. The van der Waals surface area contributed by atoms with Gasteiger partial charge in [-0.1, -0.05) is 6.42 Å². The fourth-order valence-corrected chi connectivity index (χ4v) is 4.23. The minimum atomic E-state index is -0.145. The maximum absolute atomic E-state index is 12.5. The molecule has 0 spiro atoms. The molecule has 2 aliphatic rings. The van der Waals surface area contributed by atoms with Gasteiger partial charge in [0.1, 0.15) is 5.58 Å². The highest BCUT2D eigenvalue weighted by Crippen LogP contribution is 2.27. The molecule has 2 aromatic rings. The zero-order chi connectivity index (χ0) is 17.4. The van der Waals surface area contributed by atoms with Gasteiger partial charge in [0, 0.05) is 31.6 Å². The van der Waals surface area contributed by atoms with Crippen molar-refractivity contribution in [1.29, 1.82) is 0 Å². The van der Waals surface area contributed by atoms with Gasteiger partial charge in [0.25, 0.3) is 0 Å². The van der Waals surface area contributed by atoms with Crippen molar-refractivity contribution < 1.29 is 4.42 Å².